The summed E-state index contributed by atoms with van der Waals surface area (Å²) < 4.78 is 0. The van der Waals surface area contributed by atoms with Gasteiger partial charge in [-0.2, -0.15) is 0 Å². The topological polar surface area (TPSA) is 74.2 Å². The molecule has 0 atom stereocenters. The van der Waals surface area contributed by atoms with E-state index in [1.165, 1.54) is 0 Å². The highest BCUT2D eigenvalue weighted by atomic mass is 35.5. The fourth-order valence-corrected chi connectivity index (χ4v) is 2.99. The van der Waals surface area contributed by atoms with Crippen molar-refractivity contribution in [1.29, 1.82) is 0 Å². The Labute approximate surface area is 134 Å². The first-order valence-corrected chi connectivity index (χ1v) is 7.83. The van der Waals surface area contributed by atoms with E-state index in [0.29, 0.717) is 28.4 Å². The first kappa shape index (κ1) is 16.3. The first-order chi connectivity index (χ1) is 10.1. The summed E-state index contributed by atoms with van der Waals surface area (Å²) >= 11 is 11.8. The number of carbonyl (C=O) groups is 1. The highest BCUT2D eigenvalue weighted by Gasteiger charge is 2.25. The highest BCUT2D eigenvalue weighted by Crippen LogP contribution is 2.24. The number of carboxylic acids is 1. The summed E-state index contributed by atoms with van der Waals surface area (Å²) in [4.78, 5) is 15.0. The molecule has 1 aliphatic rings. The Morgan fingerprint density at radius 2 is 2.00 bits per heavy atom. The van der Waals surface area contributed by atoms with Crippen LogP contribution < -0.4 is 10.6 Å². The van der Waals surface area contributed by atoms with Crippen LogP contribution in [0.4, 0.5) is 5.82 Å². The van der Waals surface area contributed by atoms with E-state index in [1.54, 1.807) is 12.3 Å². The summed E-state index contributed by atoms with van der Waals surface area (Å²) in [5.41, 5.74) is 0. The SMILES string of the molecule is O=C(O)C1CCC(NCCNc2ncc(Cl)cc2Cl)CC1. The molecule has 1 saturated carbocycles. The molecule has 1 aromatic heterocycles. The Morgan fingerprint density at radius 1 is 1.29 bits per heavy atom. The van der Waals surface area contributed by atoms with E-state index in [4.69, 9.17) is 28.3 Å². The van der Waals surface area contributed by atoms with Gasteiger partial charge in [-0.3, -0.25) is 4.79 Å². The Kier molecular flexibility index (Phi) is 6.08. The quantitative estimate of drug-likeness (QED) is 0.698. The number of hydrogen-bond acceptors (Lipinski definition) is 4. The number of anilines is 1. The van der Waals surface area contributed by atoms with Gasteiger partial charge < -0.3 is 15.7 Å². The molecular formula is C14H19Cl2N3O2. The molecule has 0 bridgehead atoms. The van der Waals surface area contributed by atoms with Crippen molar-refractivity contribution >= 4 is 35.0 Å². The fraction of sp³-hybridized carbons (Fsp3) is 0.571. The molecule has 1 aliphatic carbocycles. The number of hydrogen-bond donors (Lipinski definition) is 3. The second kappa shape index (κ2) is 7.82. The fourth-order valence-electron chi connectivity index (χ4n) is 2.55. The van der Waals surface area contributed by atoms with Gasteiger partial charge in [0, 0.05) is 25.3 Å². The maximum absolute atomic E-state index is 10.9. The van der Waals surface area contributed by atoms with Gasteiger partial charge in [-0.25, -0.2) is 4.98 Å². The molecule has 116 valence electrons. The standard InChI is InChI=1S/C14H19Cl2N3O2/c15-10-7-12(16)13(19-8-10)18-6-5-17-11-3-1-9(2-4-11)14(20)21/h7-9,11,17H,1-6H2,(H,18,19)(H,20,21). The second-order valence-electron chi connectivity index (χ2n) is 5.25. The van der Waals surface area contributed by atoms with Gasteiger partial charge in [0.05, 0.1) is 16.0 Å². The van der Waals surface area contributed by atoms with E-state index in [1.807, 2.05) is 0 Å². The molecule has 5 nitrogen and oxygen atoms in total. The molecule has 21 heavy (non-hydrogen) atoms. The lowest BCUT2D eigenvalue weighted by Gasteiger charge is -2.27. The van der Waals surface area contributed by atoms with Crippen LogP contribution in [0.5, 0.6) is 0 Å². The van der Waals surface area contributed by atoms with Gasteiger partial charge in [0.15, 0.2) is 0 Å². The van der Waals surface area contributed by atoms with Crippen LogP contribution in [-0.2, 0) is 4.79 Å². The Hall–Kier alpha value is -1.04. The van der Waals surface area contributed by atoms with Crippen molar-refractivity contribution in [3.63, 3.8) is 0 Å². The van der Waals surface area contributed by atoms with Crippen molar-refractivity contribution in [3.8, 4) is 0 Å². The largest absolute Gasteiger partial charge is 0.481 e. The minimum atomic E-state index is -0.668. The Bertz CT molecular complexity index is 491. The maximum atomic E-state index is 10.9. The van der Waals surface area contributed by atoms with Gasteiger partial charge >= 0.3 is 5.97 Å². The van der Waals surface area contributed by atoms with E-state index < -0.39 is 5.97 Å². The van der Waals surface area contributed by atoms with Crippen LogP contribution in [-0.4, -0.2) is 35.2 Å². The Balaban J connectivity index is 1.65. The van der Waals surface area contributed by atoms with Crippen molar-refractivity contribution in [2.45, 2.75) is 31.7 Å². The third-order valence-corrected chi connectivity index (χ3v) is 4.23. The number of carboxylic acid groups (broad SMARTS) is 1. The van der Waals surface area contributed by atoms with Crippen LogP contribution in [0.15, 0.2) is 12.3 Å². The lowest BCUT2D eigenvalue weighted by molar-refractivity contribution is -0.142. The molecule has 0 aromatic carbocycles. The lowest BCUT2D eigenvalue weighted by Crippen LogP contribution is -2.37. The number of halogens is 2. The van der Waals surface area contributed by atoms with Crippen LogP contribution in [0, 0.1) is 5.92 Å². The first-order valence-electron chi connectivity index (χ1n) is 7.07. The minimum absolute atomic E-state index is 0.168. The molecule has 0 spiro atoms. The van der Waals surface area contributed by atoms with Crippen molar-refractivity contribution in [2.24, 2.45) is 5.92 Å². The van der Waals surface area contributed by atoms with E-state index in [2.05, 4.69) is 15.6 Å². The van der Waals surface area contributed by atoms with Gasteiger partial charge in [0.2, 0.25) is 0 Å². The summed E-state index contributed by atoms with van der Waals surface area (Å²) in [6.45, 7) is 1.48. The van der Waals surface area contributed by atoms with Crippen molar-refractivity contribution < 1.29 is 9.90 Å². The molecule has 2 rings (SSSR count). The molecule has 3 N–H and O–H groups in total. The predicted molar refractivity (Wildman–Crippen MR) is 84.1 cm³/mol. The second-order valence-corrected chi connectivity index (χ2v) is 6.10. The number of aliphatic carboxylic acids is 1. The molecule has 0 amide bonds. The molecule has 0 saturated heterocycles. The average Bonchev–Trinajstić information content (AvgIpc) is 2.46. The number of nitrogens with zero attached hydrogens (tertiary/aromatic N) is 1. The van der Waals surface area contributed by atoms with Crippen molar-refractivity contribution in [1.82, 2.24) is 10.3 Å². The van der Waals surface area contributed by atoms with Crippen LogP contribution in [0.2, 0.25) is 10.0 Å². The van der Waals surface area contributed by atoms with Gasteiger partial charge in [0.1, 0.15) is 5.82 Å². The molecular weight excluding hydrogens is 313 g/mol. The van der Waals surface area contributed by atoms with Crippen LogP contribution in [0.1, 0.15) is 25.7 Å². The third-order valence-electron chi connectivity index (χ3n) is 3.73. The zero-order chi connectivity index (χ0) is 15.2. The smallest absolute Gasteiger partial charge is 0.306 e. The van der Waals surface area contributed by atoms with Gasteiger partial charge in [-0.15, -0.1) is 0 Å². The number of rotatable bonds is 6. The monoisotopic (exact) mass is 331 g/mol. The predicted octanol–water partition coefficient (Wildman–Crippen LogP) is 3.03. The molecule has 0 unspecified atom stereocenters. The number of nitrogens with one attached hydrogen (secondary N) is 2. The Morgan fingerprint density at radius 3 is 2.62 bits per heavy atom. The van der Waals surface area contributed by atoms with Crippen molar-refractivity contribution in [3.05, 3.63) is 22.3 Å². The van der Waals surface area contributed by atoms with E-state index in [9.17, 15) is 4.79 Å². The highest BCUT2D eigenvalue weighted by molar-refractivity contribution is 6.35. The van der Waals surface area contributed by atoms with Crippen molar-refractivity contribution in [2.75, 3.05) is 18.4 Å². The normalized spacial score (nSPS) is 22.0. The zero-order valence-corrected chi connectivity index (χ0v) is 13.1. The average molecular weight is 332 g/mol. The molecule has 0 aliphatic heterocycles. The maximum Gasteiger partial charge on any atom is 0.306 e. The summed E-state index contributed by atoms with van der Waals surface area (Å²) in [6.07, 6.45) is 4.89. The summed E-state index contributed by atoms with van der Waals surface area (Å²) in [5.74, 6) is -0.214. The van der Waals surface area contributed by atoms with Gasteiger partial charge in [-0.05, 0) is 31.7 Å². The van der Waals surface area contributed by atoms with Crippen LogP contribution in [0.25, 0.3) is 0 Å². The zero-order valence-electron chi connectivity index (χ0n) is 11.6. The molecule has 0 radical (unpaired) electrons. The van der Waals surface area contributed by atoms with Gasteiger partial charge in [-0.1, -0.05) is 23.2 Å². The molecule has 1 aromatic rings. The van der Waals surface area contributed by atoms with E-state index >= 15 is 0 Å². The third kappa shape index (κ3) is 5.02. The number of aromatic nitrogens is 1. The van der Waals surface area contributed by atoms with Crippen LogP contribution in [0.3, 0.4) is 0 Å². The van der Waals surface area contributed by atoms with E-state index in [0.717, 1.165) is 32.2 Å². The molecule has 1 heterocycles. The van der Waals surface area contributed by atoms with E-state index in [-0.39, 0.29) is 5.92 Å². The summed E-state index contributed by atoms with van der Waals surface area (Å²) in [5, 5.41) is 16.5. The summed E-state index contributed by atoms with van der Waals surface area (Å²) in [6, 6.07) is 2.05. The van der Waals surface area contributed by atoms with Crippen LogP contribution >= 0.6 is 23.2 Å². The lowest BCUT2D eigenvalue weighted by atomic mass is 9.86. The summed E-state index contributed by atoms with van der Waals surface area (Å²) in [7, 11) is 0. The van der Waals surface area contributed by atoms with Gasteiger partial charge in [0.25, 0.3) is 0 Å². The molecule has 1 fully saturated rings. The molecule has 7 heteroatoms. The minimum Gasteiger partial charge on any atom is -0.481 e. The number of pyridine rings is 1.